The molecule has 0 aromatic heterocycles. The molecule has 35 heavy (non-hydrogen) atoms. The summed E-state index contributed by atoms with van der Waals surface area (Å²) in [6.07, 6.45) is -2.61. The Labute approximate surface area is 205 Å². The van der Waals surface area contributed by atoms with Gasteiger partial charge in [0.2, 0.25) is 12.2 Å². The van der Waals surface area contributed by atoms with Gasteiger partial charge >= 0.3 is 11.9 Å². The van der Waals surface area contributed by atoms with Crippen LogP contribution in [0.2, 0.25) is 0 Å². The highest BCUT2D eigenvalue weighted by Crippen LogP contribution is 2.33. The molecule has 9 nitrogen and oxygen atoms in total. The van der Waals surface area contributed by atoms with E-state index in [1.165, 1.54) is 6.92 Å². The zero-order valence-electron chi connectivity index (χ0n) is 20.5. The lowest BCUT2D eigenvalue weighted by Crippen LogP contribution is -2.58. The summed E-state index contributed by atoms with van der Waals surface area (Å²) in [4.78, 5) is 37.7. The quantitative estimate of drug-likeness (QED) is 0.404. The lowest BCUT2D eigenvalue weighted by molar-refractivity contribution is -0.269. The van der Waals surface area contributed by atoms with Gasteiger partial charge in [0, 0.05) is 18.3 Å². The summed E-state index contributed by atoms with van der Waals surface area (Å²) in [5, 5.41) is 32.4. The van der Waals surface area contributed by atoms with E-state index in [9.17, 15) is 29.7 Å². The van der Waals surface area contributed by atoms with Crippen LogP contribution >= 0.6 is 0 Å². The first kappa shape index (κ1) is 27.1. The molecule has 0 radical (unpaired) electrons. The molecule has 0 bridgehead atoms. The highest BCUT2D eigenvalue weighted by molar-refractivity contribution is 5.86. The monoisotopic (exact) mass is 491 g/mol. The van der Waals surface area contributed by atoms with Gasteiger partial charge in [-0.1, -0.05) is 51.1 Å². The van der Waals surface area contributed by atoms with E-state index in [0.29, 0.717) is 11.8 Å². The molecule has 1 aromatic rings. The van der Waals surface area contributed by atoms with Gasteiger partial charge in [0.25, 0.3) is 0 Å². The number of carbonyl (C=O) groups excluding carboxylic acids is 2. The van der Waals surface area contributed by atoms with Gasteiger partial charge in [0.1, 0.15) is 12.1 Å². The molecule has 0 unspecified atom stereocenters. The van der Waals surface area contributed by atoms with Crippen LogP contribution in [0.5, 0.6) is 0 Å². The van der Waals surface area contributed by atoms with E-state index in [4.69, 9.17) is 9.47 Å². The van der Waals surface area contributed by atoms with Crippen molar-refractivity contribution in [2.75, 3.05) is 0 Å². The summed E-state index contributed by atoms with van der Waals surface area (Å²) in [6, 6.07) is 8.15. The van der Waals surface area contributed by atoms with Gasteiger partial charge < -0.3 is 30.1 Å². The Balaban J connectivity index is 1.71. The summed E-state index contributed by atoms with van der Waals surface area (Å²) < 4.78 is 10.8. The number of aliphatic hydroxyl groups excluding tert-OH is 2. The topological polar surface area (TPSA) is 142 Å². The summed E-state index contributed by atoms with van der Waals surface area (Å²) in [5.74, 6) is -2.36. The van der Waals surface area contributed by atoms with E-state index in [0.717, 1.165) is 31.2 Å². The third-order valence-corrected chi connectivity index (χ3v) is 7.35. The molecule has 9 heteroatoms. The Kier molecular flexibility index (Phi) is 9.27. The van der Waals surface area contributed by atoms with Crippen LogP contribution in [-0.2, 0) is 30.3 Å². The van der Waals surface area contributed by atoms with Crippen molar-refractivity contribution in [3.05, 3.63) is 35.9 Å². The van der Waals surface area contributed by atoms with Crippen LogP contribution in [-0.4, -0.2) is 63.8 Å². The summed E-state index contributed by atoms with van der Waals surface area (Å²) in [7, 11) is 0. The number of carbonyl (C=O) groups is 3. The maximum atomic E-state index is 13.2. The Morgan fingerprint density at radius 2 is 1.69 bits per heavy atom. The molecule has 194 valence electrons. The first-order chi connectivity index (χ1) is 16.6. The number of ether oxygens (including phenoxy) is 2. The van der Waals surface area contributed by atoms with Gasteiger partial charge in [-0.05, 0) is 43.1 Å². The number of nitrogens with one attached hydrogen (secondary N) is 1. The van der Waals surface area contributed by atoms with E-state index >= 15 is 0 Å². The van der Waals surface area contributed by atoms with E-state index < -0.39 is 48.5 Å². The molecular formula is C26H37NO8. The lowest BCUT2D eigenvalue weighted by atomic mass is 9.76. The maximum absolute atomic E-state index is 13.2. The van der Waals surface area contributed by atoms with E-state index in [1.807, 2.05) is 30.3 Å². The standard InChI is InChI=1S/C26H37NO8/c1-14(2)17-9-11-18(12-10-17)23(30)27-19(13-16-7-5-4-6-8-16)25(33)35-26-15(3)20(28)21(29)22(34-26)24(31)32/h4-8,14-15,17-22,26,28-29H,9-13H2,1-3H3,(H,27,30)(H,31,32)/t15-,17?,18?,19+,20-,21+,22+,26+/m0/s1. The number of amides is 1. The Morgan fingerprint density at radius 1 is 1.06 bits per heavy atom. The van der Waals surface area contributed by atoms with Gasteiger partial charge in [-0.25, -0.2) is 9.59 Å². The number of carboxylic acids is 1. The molecular weight excluding hydrogens is 454 g/mol. The number of hydrogen-bond acceptors (Lipinski definition) is 7. The summed E-state index contributed by atoms with van der Waals surface area (Å²) in [5.41, 5.74) is 0.815. The normalized spacial score (nSPS) is 32.0. The average molecular weight is 492 g/mol. The number of hydrogen-bond donors (Lipinski definition) is 4. The number of rotatable bonds is 8. The summed E-state index contributed by atoms with van der Waals surface area (Å²) >= 11 is 0. The fourth-order valence-electron chi connectivity index (χ4n) is 4.92. The SMILES string of the molecule is CC(C)C1CCC(C(=O)N[C@H](Cc2ccccc2)C(=O)O[C@H]2O[C@@H](C(=O)O)[C@H](O)[C@@H](O)[C@@H]2C)CC1. The van der Waals surface area contributed by atoms with Crippen molar-refractivity contribution in [1.82, 2.24) is 5.32 Å². The molecule has 0 spiro atoms. The van der Waals surface area contributed by atoms with Crippen LogP contribution in [0.15, 0.2) is 30.3 Å². The largest absolute Gasteiger partial charge is 0.479 e. The number of aliphatic hydroxyl groups is 2. The second-order valence-electron chi connectivity index (χ2n) is 10.1. The predicted octanol–water partition coefficient (Wildman–Crippen LogP) is 1.89. The molecule has 6 atom stereocenters. The van der Waals surface area contributed by atoms with Crippen molar-refractivity contribution in [1.29, 1.82) is 0 Å². The van der Waals surface area contributed by atoms with Crippen molar-refractivity contribution in [3.8, 4) is 0 Å². The molecule has 2 fully saturated rings. The number of benzene rings is 1. The Bertz CT molecular complexity index is 867. The molecule has 1 saturated carbocycles. The molecule has 1 aliphatic carbocycles. The maximum Gasteiger partial charge on any atom is 0.335 e. The number of aliphatic carboxylic acids is 1. The molecule has 2 aliphatic rings. The van der Waals surface area contributed by atoms with Crippen LogP contribution in [0.1, 0.15) is 52.0 Å². The minimum atomic E-state index is -1.74. The van der Waals surface area contributed by atoms with Crippen LogP contribution in [0.4, 0.5) is 0 Å². The van der Waals surface area contributed by atoms with Gasteiger partial charge in [-0.2, -0.15) is 0 Å². The molecule has 1 aliphatic heterocycles. The third-order valence-electron chi connectivity index (χ3n) is 7.35. The molecule has 1 heterocycles. The molecule has 4 N–H and O–H groups in total. The molecule has 1 aromatic carbocycles. The average Bonchev–Trinajstić information content (AvgIpc) is 2.84. The van der Waals surface area contributed by atoms with Crippen molar-refractivity contribution in [2.24, 2.45) is 23.7 Å². The second-order valence-corrected chi connectivity index (χ2v) is 10.1. The highest BCUT2D eigenvalue weighted by atomic mass is 16.7. The minimum Gasteiger partial charge on any atom is -0.479 e. The van der Waals surface area contributed by atoms with Crippen molar-refractivity contribution >= 4 is 17.8 Å². The zero-order chi connectivity index (χ0) is 25.7. The van der Waals surface area contributed by atoms with Crippen LogP contribution in [0.3, 0.4) is 0 Å². The Hall–Kier alpha value is -2.49. The highest BCUT2D eigenvalue weighted by Gasteiger charge is 2.47. The summed E-state index contributed by atoms with van der Waals surface area (Å²) in [6.45, 7) is 5.87. The molecule has 3 rings (SSSR count). The predicted molar refractivity (Wildman–Crippen MR) is 126 cm³/mol. The van der Waals surface area contributed by atoms with Crippen molar-refractivity contribution < 1.29 is 39.2 Å². The first-order valence-electron chi connectivity index (χ1n) is 12.4. The van der Waals surface area contributed by atoms with Crippen LogP contribution in [0.25, 0.3) is 0 Å². The fourth-order valence-corrected chi connectivity index (χ4v) is 4.92. The number of esters is 1. The van der Waals surface area contributed by atoms with Gasteiger partial charge in [-0.15, -0.1) is 0 Å². The second kappa shape index (κ2) is 12.0. The van der Waals surface area contributed by atoms with Gasteiger partial charge in [0.15, 0.2) is 6.10 Å². The number of carboxylic acid groups (broad SMARTS) is 1. The van der Waals surface area contributed by atoms with Gasteiger partial charge in [-0.3, -0.25) is 4.79 Å². The first-order valence-corrected chi connectivity index (χ1v) is 12.4. The zero-order valence-corrected chi connectivity index (χ0v) is 20.5. The molecule has 1 saturated heterocycles. The van der Waals surface area contributed by atoms with Gasteiger partial charge in [0.05, 0.1) is 6.10 Å². The fraction of sp³-hybridized carbons (Fsp3) is 0.654. The third kappa shape index (κ3) is 6.80. The van der Waals surface area contributed by atoms with Crippen molar-refractivity contribution in [3.63, 3.8) is 0 Å². The van der Waals surface area contributed by atoms with Crippen LogP contribution < -0.4 is 5.32 Å². The van der Waals surface area contributed by atoms with Crippen molar-refractivity contribution in [2.45, 2.75) is 83.5 Å². The Morgan fingerprint density at radius 3 is 2.26 bits per heavy atom. The molecule has 1 amide bonds. The van der Waals surface area contributed by atoms with E-state index in [1.54, 1.807) is 0 Å². The lowest BCUT2D eigenvalue weighted by Gasteiger charge is -2.39. The van der Waals surface area contributed by atoms with E-state index in [2.05, 4.69) is 19.2 Å². The van der Waals surface area contributed by atoms with Crippen LogP contribution in [0, 0.1) is 23.7 Å². The smallest absolute Gasteiger partial charge is 0.335 e. The minimum absolute atomic E-state index is 0.182. The van der Waals surface area contributed by atoms with E-state index in [-0.39, 0.29) is 18.2 Å².